The SMILES string of the molecule is CCOC(=O)c1sc2ncn([C@@H](C)C(=O)Nc3ccc(C)cc3)c(=O)c2c1C. The molecule has 0 aliphatic rings. The van der Waals surface area contributed by atoms with Crippen LogP contribution in [0.4, 0.5) is 5.69 Å². The second-order valence-electron chi connectivity index (χ2n) is 6.45. The van der Waals surface area contributed by atoms with Crippen LogP contribution in [0.25, 0.3) is 10.2 Å². The second kappa shape index (κ2) is 7.93. The van der Waals surface area contributed by atoms with Gasteiger partial charge in [-0.1, -0.05) is 17.7 Å². The second-order valence-corrected chi connectivity index (χ2v) is 7.44. The number of ether oxygens (including phenoxy) is 1. The Labute approximate surface area is 166 Å². The fourth-order valence-electron chi connectivity index (χ4n) is 2.81. The van der Waals surface area contributed by atoms with Crippen LogP contribution in [0.5, 0.6) is 0 Å². The first kappa shape index (κ1) is 19.8. The number of nitrogens with zero attached hydrogens (tertiary/aromatic N) is 2. The summed E-state index contributed by atoms with van der Waals surface area (Å²) < 4.78 is 6.32. The molecule has 0 bridgehead atoms. The molecule has 0 saturated heterocycles. The molecule has 0 aliphatic carbocycles. The Balaban J connectivity index is 1.94. The highest BCUT2D eigenvalue weighted by molar-refractivity contribution is 7.20. The van der Waals surface area contributed by atoms with Crippen molar-refractivity contribution in [1.82, 2.24) is 9.55 Å². The van der Waals surface area contributed by atoms with Crippen LogP contribution in [0.15, 0.2) is 35.4 Å². The standard InChI is InChI=1S/C20H21N3O4S/c1-5-27-20(26)16-12(3)15-18(28-16)21-10-23(19(15)25)13(4)17(24)22-14-8-6-11(2)7-9-14/h6-10,13H,5H2,1-4H3,(H,22,24)/t13-/m0/s1. The average molecular weight is 399 g/mol. The third kappa shape index (κ3) is 3.68. The number of thiophene rings is 1. The minimum Gasteiger partial charge on any atom is -0.462 e. The lowest BCUT2D eigenvalue weighted by Crippen LogP contribution is -2.31. The van der Waals surface area contributed by atoms with Gasteiger partial charge in [-0.15, -0.1) is 11.3 Å². The number of aryl methyl sites for hydroxylation is 2. The molecule has 0 aliphatic heterocycles. The number of rotatable bonds is 5. The van der Waals surface area contributed by atoms with E-state index in [-0.39, 0.29) is 18.1 Å². The van der Waals surface area contributed by atoms with E-state index in [1.165, 1.54) is 10.9 Å². The normalized spacial score (nSPS) is 12.0. The summed E-state index contributed by atoms with van der Waals surface area (Å²) in [6, 6.07) is 6.63. The molecule has 1 amide bonds. The number of anilines is 1. The van der Waals surface area contributed by atoms with E-state index < -0.39 is 12.0 Å². The molecule has 1 atom stereocenters. The number of benzene rings is 1. The topological polar surface area (TPSA) is 90.3 Å². The number of esters is 1. The van der Waals surface area contributed by atoms with E-state index in [4.69, 9.17) is 4.74 Å². The largest absolute Gasteiger partial charge is 0.462 e. The molecule has 1 N–H and O–H groups in total. The molecule has 1 aromatic carbocycles. The van der Waals surface area contributed by atoms with Crippen molar-refractivity contribution in [2.75, 3.05) is 11.9 Å². The molecule has 146 valence electrons. The number of hydrogen-bond acceptors (Lipinski definition) is 6. The van der Waals surface area contributed by atoms with Gasteiger partial charge < -0.3 is 10.1 Å². The molecule has 0 radical (unpaired) electrons. The number of carbonyl (C=O) groups is 2. The van der Waals surface area contributed by atoms with Gasteiger partial charge in [0.2, 0.25) is 5.91 Å². The van der Waals surface area contributed by atoms with Gasteiger partial charge in [-0.2, -0.15) is 0 Å². The quantitative estimate of drug-likeness (QED) is 0.664. The molecule has 28 heavy (non-hydrogen) atoms. The van der Waals surface area contributed by atoms with Gasteiger partial charge in [-0.05, 0) is 45.4 Å². The highest BCUT2D eigenvalue weighted by atomic mass is 32.1. The van der Waals surface area contributed by atoms with Crippen LogP contribution < -0.4 is 10.9 Å². The van der Waals surface area contributed by atoms with Crippen LogP contribution in [0.2, 0.25) is 0 Å². The van der Waals surface area contributed by atoms with Gasteiger partial charge in [-0.3, -0.25) is 14.2 Å². The van der Waals surface area contributed by atoms with Gasteiger partial charge >= 0.3 is 5.97 Å². The molecule has 7 nitrogen and oxygen atoms in total. The highest BCUT2D eigenvalue weighted by Crippen LogP contribution is 2.28. The summed E-state index contributed by atoms with van der Waals surface area (Å²) in [5, 5.41) is 3.14. The monoisotopic (exact) mass is 399 g/mol. The zero-order valence-electron chi connectivity index (χ0n) is 16.1. The number of nitrogens with one attached hydrogen (secondary N) is 1. The minimum absolute atomic E-state index is 0.250. The summed E-state index contributed by atoms with van der Waals surface area (Å²) in [5.41, 5.74) is 1.90. The molecule has 0 unspecified atom stereocenters. The van der Waals surface area contributed by atoms with Crippen LogP contribution in [0.1, 0.15) is 40.7 Å². The summed E-state index contributed by atoms with van der Waals surface area (Å²) in [7, 11) is 0. The lowest BCUT2D eigenvalue weighted by molar-refractivity contribution is -0.118. The summed E-state index contributed by atoms with van der Waals surface area (Å²) in [6.07, 6.45) is 1.34. The number of carbonyl (C=O) groups excluding carboxylic acids is 2. The smallest absolute Gasteiger partial charge is 0.348 e. The molecule has 8 heteroatoms. The van der Waals surface area contributed by atoms with E-state index in [0.717, 1.165) is 16.9 Å². The van der Waals surface area contributed by atoms with Gasteiger partial charge in [0.05, 0.1) is 18.3 Å². The number of aromatic nitrogens is 2. The fraction of sp³-hybridized carbons (Fsp3) is 0.300. The molecule has 3 rings (SSSR count). The Hall–Kier alpha value is -3.00. The van der Waals surface area contributed by atoms with E-state index in [0.29, 0.717) is 26.3 Å². The van der Waals surface area contributed by atoms with Crippen molar-refractivity contribution < 1.29 is 14.3 Å². The molecule has 2 heterocycles. The van der Waals surface area contributed by atoms with Crippen molar-refractivity contribution in [2.24, 2.45) is 0 Å². The van der Waals surface area contributed by atoms with Crippen LogP contribution in [0, 0.1) is 13.8 Å². The fourth-order valence-corrected chi connectivity index (χ4v) is 3.85. The van der Waals surface area contributed by atoms with Gasteiger partial charge in [0.25, 0.3) is 5.56 Å². The zero-order valence-corrected chi connectivity index (χ0v) is 16.9. The third-order valence-corrected chi connectivity index (χ3v) is 5.63. The first-order valence-electron chi connectivity index (χ1n) is 8.88. The molecule has 0 saturated carbocycles. The molecule has 3 aromatic rings. The maximum absolute atomic E-state index is 13.0. The van der Waals surface area contributed by atoms with Crippen LogP contribution in [-0.4, -0.2) is 28.0 Å². The Bertz CT molecular complexity index is 1100. The van der Waals surface area contributed by atoms with Crippen molar-refractivity contribution in [2.45, 2.75) is 33.7 Å². The summed E-state index contributed by atoms with van der Waals surface area (Å²) in [5.74, 6) is -0.801. The molecule has 2 aromatic heterocycles. The van der Waals surface area contributed by atoms with E-state index in [9.17, 15) is 14.4 Å². The lowest BCUT2D eigenvalue weighted by atomic mass is 10.2. The van der Waals surface area contributed by atoms with Crippen molar-refractivity contribution >= 4 is 39.1 Å². The maximum Gasteiger partial charge on any atom is 0.348 e. The molecule has 0 spiro atoms. The third-order valence-electron chi connectivity index (χ3n) is 4.45. The van der Waals surface area contributed by atoms with E-state index >= 15 is 0 Å². The van der Waals surface area contributed by atoms with Crippen LogP contribution in [-0.2, 0) is 9.53 Å². The van der Waals surface area contributed by atoms with Crippen molar-refractivity contribution in [3.05, 3.63) is 57.0 Å². The van der Waals surface area contributed by atoms with E-state index in [2.05, 4.69) is 10.3 Å². The number of hydrogen-bond donors (Lipinski definition) is 1. The molecular weight excluding hydrogens is 378 g/mol. The van der Waals surface area contributed by atoms with Crippen LogP contribution in [0.3, 0.4) is 0 Å². The first-order valence-corrected chi connectivity index (χ1v) is 9.70. The Morgan fingerprint density at radius 3 is 2.57 bits per heavy atom. The number of amides is 1. The summed E-state index contributed by atoms with van der Waals surface area (Å²) in [6.45, 7) is 7.25. The Morgan fingerprint density at radius 1 is 1.25 bits per heavy atom. The molecule has 0 fully saturated rings. The van der Waals surface area contributed by atoms with E-state index in [1.54, 1.807) is 32.9 Å². The predicted molar refractivity (Wildman–Crippen MR) is 109 cm³/mol. The number of fused-ring (bicyclic) bond motifs is 1. The van der Waals surface area contributed by atoms with Crippen LogP contribution >= 0.6 is 11.3 Å². The van der Waals surface area contributed by atoms with Gasteiger partial charge in [0.15, 0.2) is 0 Å². The average Bonchev–Trinajstić information content (AvgIpc) is 3.01. The lowest BCUT2D eigenvalue weighted by Gasteiger charge is -2.15. The predicted octanol–water partition coefficient (Wildman–Crippen LogP) is 3.45. The van der Waals surface area contributed by atoms with Gasteiger partial charge in [-0.25, -0.2) is 9.78 Å². The Morgan fingerprint density at radius 2 is 1.93 bits per heavy atom. The van der Waals surface area contributed by atoms with E-state index in [1.807, 2.05) is 19.1 Å². The summed E-state index contributed by atoms with van der Waals surface area (Å²) in [4.78, 5) is 42.8. The molecular formula is C20H21N3O4S. The van der Waals surface area contributed by atoms with Gasteiger partial charge in [0, 0.05) is 5.69 Å². The zero-order chi connectivity index (χ0) is 20.4. The first-order chi connectivity index (χ1) is 13.3. The Kier molecular flexibility index (Phi) is 5.60. The van der Waals surface area contributed by atoms with Gasteiger partial charge in [0.1, 0.15) is 15.7 Å². The van der Waals surface area contributed by atoms with Crippen molar-refractivity contribution in [3.63, 3.8) is 0 Å². The maximum atomic E-state index is 13.0. The van der Waals surface area contributed by atoms with Crippen molar-refractivity contribution in [3.8, 4) is 0 Å². The highest BCUT2D eigenvalue weighted by Gasteiger charge is 2.23. The minimum atomic E-state index is -0.768. The summed E-state index contributed by atoms with van der Waals surface area (Å²) >= 11 is 1.12. The van der Waals surface area contributed by atoms with Crippen molar-refractivity contribution in [1.29, 1.82) is 0 Å².